The zero-order valence-electron chi connectivity index (χ0n) is 12.5. The molecule has 112 valence electrons. The van der Waals surface area contributed by atoms with E-state index in [1.165, 1.54) is 37.7 Å². The van der Waals surface area contributed by atoms with Crippen molar-refractivity contribution in [2.24, 2.45) is 0 Å². The van der Waals surface area contributed by atoms with Gasteiger partial charge >= 0.3 is 0 Å². The van der Waals surface area contributed by atoms with E-state index in [1.54, 1.807) is 6.07 Å². The van der Waals surface area contributed by atoms with Crippen molar-refractivity contribution in [3.8, 4) is 5.75 Å². The highest BCUT2D eigenvalue weighted by molar-refractivity contribution is 5.35. The van der Waals surface area contributed by atoms with Gasteiger partial charge in [0.15, 0.2) is 0 Å². The van der Waals surface area contributed by atoms with Gasteiger partial charge in [-0.3, -0.25) is 0 Å². The summed E-state index contributed by atoms with van der Waals surface area (Å²) in [5.74, 6) is 0.376. The van der Waals surface area contributed by atoms with E-state index in [0.29, 0.717) is 11.9 Å². The molecule has 0 spiro atoms. The van der Waals surface area contributed by atoms with E-state index < -0.39 is 0 Å². The van der Waals surface area contributed by atoms with Gasteiger partial charge in [-0.2, -0.15) is 0 Å². The van der Waals surface area contributed by atoms with Crippen molar-refractivity contribution in [1.29, 1.82) is 0 Å². The van der Waals surface area contributed by atoms with Crippen LogP contribution < -0.4 is 5.32 Å². The molecule has 1 aliphatic carbocycles. The van der Waals surface area contributed by atoms with Crippen LogP contribution in [-0.2, 0) is 11.3 Å². The van der Waals surface area contributed by atoms with Crippen LogP contribution in [0.5, 0.6) is 5.75 Å². The molecule has 1 saturated carbocycles. The summed E-state index contributed by atoms with van der Waals surface area (Å²) in [5, 5.41) is 13.1. The number of benzene rings is 1. The number of aromatic hydroxyl groups is 1. The number of phenols is 1. The summed E-state index contributed by atoms with van der Waals surface area (Å²) in [6.07, 6.45) is 8.05. The van der Waals surface area contributed by atoms with Crippen LogP contribution in [0.2, 0.25) is 0 Å². The van der Waals surface area contributed by atoms with Gasteiger partial charge in [-0.05, 0) is 38.8 Å². The average Bonchev–Trinajstić information content (AvgIpc) is 2.47. The van der Waals surface area contributed by atoms with Crippen molar-refractivity contribution in [3.63, 3.8) is 0 Å². The van der Waals surface area contributed by atoms with Crippen LogP contribution in [0.25, 0.3) is 0 Å². The first-order valence-corrected chi connectivity index (χ1v) is 7.86. The maximum absolute atomic E-state index is 9.74. The number of hydrogen-bond donors (Lipinski definition) is 2. The minimum Gasteiger partial charge on any atom is -0.508 e. The van der Waals surface area contributed by atoms with Crippen molar-refractivity contribution < 1.29 is 9.84 Å². The second kappa shape index (κ2) is 8.28. The lowest BCUT2D eigenvalue weighted by molar-refractivity contribution is 0.0273. The van der Waals surface area contributed by atoms with Gasteiger partial charge in [0.1, 0.15) is 5.75 Å². The van der Waals surface area contributed by atoms with Gasteiger partial charge < -0.3 is 15.2 Å². The third kappa shape index (κ3) is 5.14. The summed E-state index contributed by atoms with van der Waals surface area (Å²) in [7, 11) is 0. The second-order valence-electron chi connectivity index (χ2n) is 5.79. The number of phenolic OH excluding ortho intramolecular Hbond substituents is 1. The lowest BCUT2D eigenvalue weighted by atomic mass is 9.98. The first kappa shape index (κ1) is 15.3. The molecule has 0 heterocycles. The van der Waals surface area contributed by atoms with Crippen LogP contribution in [0.15, 0.2) is 18.2 Å². The molecular weight excluding hydrogens is 250 g/mol. The van der Waals surface area contributed by atoms with Crippen molar-refractivity contribution in [2.45, 2.75) is 58.1 Å². The molecule has 20 heavy (non-hydrogen) atoms. The molecule has 3 heteroatoms. The Morgan fingerprint density at radius 1 is 1.25 bits per heavy atom. The molecule has 3 nitrogen and oxygen atoms in total. The summed E-state index contributed by atoms with van der Waals surface area (Å²) in [4.78, 5) is 0. The highest BCUT2D eigenvalue weighted by atomic mass is 16.5. The van der Waals surface area contributed by atoms with Crippen molar-refractivity contribution >= 4 is 0 Å². The van der Waals surface area contributed by atoms with Gasteiger partial charge in [0.25, 0.3) is 0 Å². The van der Waals surface area contributed by atoms with E-state index >= 15 is 0 Å². The van der Waals surface area contributed by atoms with E-state index in [9.17, 15) is 5.11 Å². The zero-order chi connectivity index (χ0) is 14.2. The highest BCUT2D eigenvalue weighted by Crippen LogP contribution is 2.20. The molecule has 0 saturated heterocycles. The Morgan fingerprint density at radius 3 is 2.85 bits per heavy atom. The van der Waals surface area contributed by atoms with E-state index in [2.05, 4.69) is 5.32 Å². The quantitative estimate of drug-likeness (QED) is 0.749. The fraction of sp³-hybridized carbons (Fsp3) is 0.647. The molecule has 1 fully saturated rings. The second-order valence-corrected chi connectivity index (χ2v) is 5.79. The van der Waals surface area contributed by atoms with Crippen LogP contribution in [0.3, 0.4) is 0 Å². The largest absolute Gasteiger partial charge is 0.508 e. The lowest BCUT2D eigenvalue weighted by Crippen LogP contribution is -2.20. The fourth-order valence-electron chi connectivity index (χ4n) is 2.76. The topological polar surface area (TPSA) is 41.5 Å². The molecule has 1 aliphatic rings. The predicted octanol–water partition coefficient (Wildman–Crippen LogP) is 3.53. The molecule has 0 aromatic heterocycles. The number of rotatable bonds is 7. The Hall–Kier alpha value is -1.06. The van der Waals surface area contributed by atoms with E-state index in [0.717, 1.165) is 31.7 Å². The Balaban J connectivity index is 1.56. The summed E-state index contributed by atoms with van der Waals surface area (Å²) in [6.45, 7) is 4.54. The Kier molecular flexibility index (Phi) is 6.34. The number of ether oxygens (including phenoxy) is 1. The molecule has 1 aromatic rings. The Bertz CT molecular complexity index is 400. The molecule has 0 aliphatic heterocycles. The normalized spacial score (nSPS) is 16.4. The van der Waals surface area contributed by atoms with E-state index in [-0.39, 0.29) is 0 Å². The van der Waals surface area contributed by atoms with Crippen molar-refractivity contribution in [3.05, 3.63) is 29.3 Å². The molecule has 1 aromatic carbocycles. The third-order valence-corrected chi connectivity index (χ3v) is 3.95. The van der Waals surface area contributed by atoms with Gasteiger partial charge in [0, 0.05) is 18.7 Å². The summed E-state index contributed by atoms with van der Waals surface area (Å²) in [6, 6.07) is 5.72. The smallest absolute Gasteiger partial charge is 0.120 e. The van der Waals surface area contributed by atoms with E-state index in [4.69, 9.17) is 4.74 Å². The van der Waals surface area contributed by atoms with Gasteiger partial charge in [0.2, 0.25) is 0 Å². The van der Waals surface area contributed by atoms with Crippen molar-refractivity contribution in [1.82, 2.24) is 5.32 Å². The van der Waals surface area contributed by atoms with E-state index in [1.807, 2.05) is 19.1 Å². The number of hydrogen-bond acceptors (Lipinski definition) is 3. The lowest BCUT2D eigenvalue weighted by Gasteiger charge is -2.21. The molecule has 0 unspecified atom stereocenters. The van der Waals surface area contributed by atoms with Crippen LogP contribution in [0, 0.1) is 6.92 Å². The van der Waals surface area contributed by atoms with Crippen molar-refractivity contribution in [2.75, 3.05) is 13.2 Å². The first-order chi connectivity index (χ1) is 9.75. The molecule has 0 bridgehead atoms. The van der Waals surface area contributed by atoms with Gasteiger partial charge in [0.05, 0.1) is 6.10 Å². The monoisotopic (exact) mass is 277 g/mol. The Labute approximate surface area is 122 Å². The average molecular weight is 277 g/mol. The van der Waals surface area contributed by atoms with Crippen LogP contribution in [0.1, 0.15) is 49.7 Å². The van der Waals surface area contributed by atoms with Crippen LogP contribution in [-0.4, -0.2) is 24.4 Å². The molecule has 0 amide bonds. The standard InChI is InChI=1S/C17H27NO2/c1-14-8-9-17(19)15(12-14)13-18-10-5-11-20-16-6-3-2-4-7-16/h8-9,12,16,18-19H,2-7,10-11,13H2,1H3. The molecule has 0 atom stereocenters. The van der Waals surface area contributed by atoms with Gasteiger partial charge in [-0.15, -0.1) is 0 Å². The minimum atomic E-state index is 0.376. The maximum Gasteiger partial charge on any atom is 0.120 e. The van der Waals surface area contributed by atoms with Gasteiger partial charge in [-0.1, -0.05) is 37.0 Å². The number of nitrogens with one attached hydrogen (secondary N) is 1. The highest BCUT2D eigenvalue weighted by Gasteiger charge is 2.12. The zero-order valence-corrected chi connectivity index (χ0v) is 12.5. The Morgan fingerprint density at radius 2 is 2.05 bits per heavy atom. The minimum absolute atomic E-state index is 0.376. The van der Waals surface area contributed by atoms with Crippen LogP contribution in [0.4, 0.5) is 0 Å². The molecular formula is C17H27NO2. The molecule has 0 radical (unpaired) electrons. The molecule has 2 rings (SSSR count). The summed E-state index contributed by atoms with van der Waals surface area (Å²) >= 11 is 0. The first-order valence-electron chi connectivity index (χ1n) is 7.86. The third-order valence-electron chi connectivity index (χ3n) is 3.95. The summed E-state index contributed by atoms with van der Waals surface area (Å²) < 4.78 is 5.89. The maximum atomic E-state index is 9.74. The predicted molar refractivity (Wildman–Crippen MR) is 82.0 cm³/mol. The number of aryl methyl sites for hydroxylation is 1. The summed E-state index contributed by atoms with van der Waals surface area (Å²) in [5.41, 5.74) is 2.15. The molecule has 2 N–H and O–H groups in total. The van der Waals surface area contributed by atoms with Gasteiger partial charge in [-0.25, -0.2) is 0 Å². The van der Waals surface area contributed by atoms with Crippen LogP contribution >= 0.6 is 0 Å². The SMILES string of the molecule is Cc1ccc(O)c(CNCCCOC2CCCCC2)c1. The fourth-order valence-corrected chi connectivity index (χ4v) is 2.76.